The number of benzene rings is 2. The van der Waals surface area contributed by atoms with Crippen molar-refractivity contribution in [3.8, 4) is 0 Å². The summed E-state index contributed by atoms with van der Waals surface area (Å²) in [7, 11) is 0. The molecule has 4 nitrogen and oxygen atoms in total. The number of halogens is 1. The number of anilines is 2. The van der Waals surface area contributed by atoms with Crippen LogP contribution in [-0.2, 0) is 0 Å². The van der Waals surface area contributed by atoms with Crippen LogP contribution in [0.4, 0.5) is 16.2 Å². The highest BCUT2D eigenvalue weighted by Gasteiger charge is 2.08. The van der Waals surface area contributed by atoms with Gasteiger partial charge in [-0.25, -0.2) is 4.79 Å². The molecule has 1 atom stereocenters. The first-order chi connectivity index (χ1) is 9.97. The summed E-state index contributed by atoms with van der Waals surface area (Å²) in [6.07, 6.45) is 0. The van der Waals surface area contributed by atoms with Crippen molar-refractivity contribution in [1.82, 2.24) is 0 Å². The van der Waals surface area contributed by atoms with E-state index in [4.69, 9.17) is 5.73 Å². The van der Waals surface area contributed by atoms with Crippen molar-refractivity contribution in [1.29, 1.82) is 0 Å². The summed E-state index contributed by atoms with van der Waals surface area (Å²) in [5, 5.41) is 6.02. The van der Waals surface area contributed by atoms with E-state index in [2.05, 4.69) is 46.5 Å². The average molecular weight is 348 g/mol. The zero-order valence-electron chi connectivity index (χ0n) is 12.0. The number of hydrogen-bond acceptors (Lipinski definition) is 2. The standard InChI is InChI=1S/C16H18BrN3O/c1-10-4-3-5-14(15(10)17)19-11(2)12-6-8-13(9-7-12)20-16(18)21/h3-9,11,19H,1-2H3,(H3,18,20,21). The molecular formula is C16H18BrN3O. The Kier molecular flexibility index (Phi) is 4.85. The van der Waals surface area contributed by atoms with E-state index < -0.39 is 6.03 Å². The van der Waals surface area contributed by atoms with Crippen LogP contribution in [0.3, 0.4) is 0 Å². The Hall–Kier alpha value is -2.01. The van der Waals surface area contributed by atoms with E-state index >= 15 is 0 Å². The molecule has 1 unspecified atom stereocenters. The zero-order valence-corrected chi connectivity index (χ0v) is 13.6. The number of rotatable bonds is 4. The van der Waals surface area contributed by atoms with Crippen molar-refractivity contribution < 1.29 is 4.79 Å². The van der Waals surface area contributed by atoms with E-state index in [9.17, 15) is 4.79 Å². The van der Waals surface area contributed by atoms with Crippen molar-refractivity contribution in [2.45, 2.75) is 19.9 Å². The Labute approximate surface area is 132 Å². The fraction of sp³-hybridized carbons (Fsp3) is 0.188. The third-order valence-electron chi connectivity index (χ3n) is 3.24. The van der Waals surface area contributed by atoms with Crippen LogP contribution < -0.4 is 16.4 Å². The van der Waals surface area contributed by atoms with Crippen LogP contribution in [0.15, 0.2) is 46.9 Å². The predicted molar refractivity (Wildman–Crippen MR) is 90.6 cm³/mol. The van der Waals surface area contributed by atoms with Crippen LogP contribution in [0.2, 0.25) is 0 Å². The summed E-state index contributed by atoms with van der Waals surface area (Å²) in [6, 6.07) is 13.3. The van der Waals surface area contributed by atoms with Gasteiger partial charge in [0.15, 0.2) is 0 Å². The van der Waals surface area contributed by atoms with Crippen LogP contribution in [0.5, 0.6) is 0 Å². The molecule has 2 amide bonds. The number of carbonyl (C=O) groups is 1. The van der Waals surface area contributed by atoms with Gasteiger partial charge in [-0.3, -0.25) is 0 Å². The minimum atomic E-state index is -0.558. The molecule has 0 saturated heterocycles. The lowest BCUT2D eigenvalue weighted by molar-refractivity contribution is 0.259. The van der Waals surface area contributed by atoms with E-state index in [1.807, 2.05) is 36.4 Å². The monoisotopic (exact) mass is 347 g/mol. The van der Waals surface area contributed by atoms with Gasteiger partial charge in [0, 0.05) is 21.9 Å². The Bertz CT molecular complexity index is 640. The number of hydrogen-bond donors (Lipinski definition) is 3. The van der Waals surface area contributed by atoms with E-state index in [0.717, 1.165) is 15.7 Å². The van der Waals surface area contributed by atoms with Gasteiger partial charge in [-0.1, -0.05) is 24.3 Å². The van der Waals surface area contributed by atoms with E-state index in [0.29, 0.717) is 5.69 Å². The van der Waals surface area contributed by atoms with Gasteiger partial charge in [-0.05, 0) is 59.1 Å². The maximum atomic E-state index is 10.8. The molecule has 0 aliphatic carbocycles. The predicted octanol–water partition coefficient (Wildman–Crippen LogP) is 4.42. The first-order valence-electron chi connectivity index (χ1n) is 6.65. The van der Waals surface area contributed by atoms with Gasteiger partial charge in [0.2, 0.25) is 0 Å². The van der Waals surface area contributed by atoms with Gasteiger partial charge >= 0.3 is 6.03 Å². The largest absolute Gasteiger partial charge is 0.378 e. The molecule has 2 aromatic rings. The highest BCUT2D eigenvalue weighted by Crippen LogP contribution is 2.29. The maximum absolute atomic E-state index is 10.8. The molecule has 0 radical (unpaired) electrons. The minimum absolute atomic E-state index is 0.144. The number of nitrogens with two attached hydrogens (primary N) is 1. The molecule has 0 spiro atoms. The number of aryl methyl sites for hydroxylation is 1. The van der Waals surface area contributed by atoms with Crippen LogP contribution in [-0.4, -0.2) is 6.03 Å². The molecule has 4 N–H and O–H groups in total. The van der Waals surface area contributed by atoms with Gasteiger partial charge < -0.3 is 16.4 Å². The molecule has 2 rings (SSSR count). The Morgan fingerprint density at radius 3 is 2.48 bits per heavy atom. The third kappa shape index (κ3) is 3.98. The topological polar surface area (TPSA) is 67.2 Å². The van der Waals surface area contributed by atoms with Crippen molar-refractivity contribution in [2.24, 2.45) is 5.73 Å². The second kappa shape index (κ2) is 6.63. The molecule has 21 heavy (non-hydrogen) atoms. The van der Waals surface area contributed by atoms with Crippen molar-refractivity contribution in [3.05, 3.63) is 58.1 Å². The Morgan fingerprint density at radius 1 is 1.19 bits per heavy atom. The lowest BCUT2D eigenvalue weighted by atomic mass is 10.1. The fourth-order valence-electron chi connectivity index (χ4n) is 2.07. The molecule has 2 aromatic carbocycles. The summed E-state index contributed by atoms with van der Waals surface area (Å²) >= 11 is 3.60. The molecule has 0 saturated carbocycles. The highest BCUT2D eigenvalue weighted by atomic mass is 79.9. The molecule has 110 valence electrons. The fourth-order valence-corrected chi connectivity index (χ4v) is 2.45. The number of urea groups is 1. The molecule has 0 fully saturated rings. The van der Waals surface area contributed by atoms with Gasteiger partial charge in [0.05, 0.1) is 0 Å². The Balaban J connectivity index is 2.11. The van der Waals surface area contributed by atoms with E-state index in [-0.39, 0.29) is 6.04 Å². The molecule has 0 heterocycles. The lowest BCUT2D eigenvalue weighted by Gasteiger charge is -2.18. The number of nitrogens with one attached hydrogen (secondary N) is 2. The third-order valence-corrected chi connectivity index (χ3v) is 4.29. The average Bonchev–Trinajstić information content (AvgIpc) is 2.44. The number of carbonyl (C=O) groups excluding carboxylic acids is 1. The molecule has 0 aliphatic rings. The quantitative estimate of drug-likeness (QED) is 0.766. The van der Waals surface area contributed by atoms with Crippen LogP contribution in [0, 0.1) is 6.92 Å². The summed E-state index contributed by atoms with van der Waals surface area (Å²) < 4.78 is 1.07. The number of amides is 2. The SMILES string of the molecule is Cc1cccc(NC(C)c2ccc(NC(N)=O)cc2)c1Br. The first-order valence-corrected chi connectivity index (χ1v) is 7.44. The summed E-state index contributed by atoms with van der Waals surface area (Å²) in [4.78, 5) is 10.8. The molecule has 5 heteroatoms. The van der Waals surface area contributed by atoms with Crippen molar-refractivity contribution in [2.75, 3.05) is 10.6 Å². The van der Waals surface area contributed by atoms with Gasteiger partial charge in [0.1, 0.15) is 0 Å². The number of primary amides is 1. The van der Waals surface area contributed by atoms with E-state index in [1.54, 1.807) is 0 Å². The summed E-state index contributed by atoms with van der Waals surface area (Å²) in [5.74, 6) is 0. The molecular weight excluding hydrogens is 330 g/mol. The highest BCUT2D eigenvalue weighted by molar-refractivity contribution is 9.10. The van der Waals surface area contributed by atoms with Crippen molar-refractivity contribution >= 4 is 33.3 Å². The van der Waals surface area contributed by atoms with Crippen LogP contribution in [0.25, 0.3) is 0 Å². The zero-order chi connectivity index (χ0) is 15.4. The maximum Gasteiger partial charge on any atom is 0.316 e. The van der Waals surface area contributed by atoms with Gasteiger partial charge in [-0.15, -0.1) is 0 Å². The van der Waals surface area contributed by atoms with Gasteiger partial charge in [-0.2, -0.15) is 0 Å². The molecule has 0 aliphatic heterocycles. The summed E-state index contributed by atoms with van der Waals surface area (Å²) in [5.41, 5.74) is 9.15. The second-order valence-corrected chi connectivity index (χ2v) is 5.71. The molecule has 0 bridgehead atoms. The smallest absolute Gasteiger partial charge is 0.316 e. The van der Waals surface area contributed by atoms with Crippen LogP contribution >= 0.6 is 15.9 Å². The van der Waals surface area contributed by atoms with Crippen molar-refractivity contribution in [3.63, 3.8) is 0 Å². The van der Waals surface area contributed by atoms with Crippen LogP contribution in [0.1, 0.15) is 24.1 Å². The first kappa shape index (κ1) is 15.4. The minimum Gasteiger partial charge on any atom is -0.378 e. The Morgan fingerprint density at radius 2 is 1.86 bits per heavy atom. The van der Waals surface area contributed by atoms with Gasteiger partial charge in [0.25, 0.3) is 0 Å². The summed E-state index contributed by atoms with van der Waals surface area (Å²) in [6.45, 7) is 4.15. The lowest BCUT2D eigenvalue weighted by Crippen LogP contribution is -2.19. The van der Waals surface area contributed by atoms with E-state index in [1.165, 1.54) is 5.56 Å². The normalized spacial score (nSPS) is 11.8. The second-order valence-electron chi connectivity index (χ2n) is 4.91. The molecule has 0 aromatic heterocycles.